The molecule has 0 spiro atoms. The highest BCUT2D eigenvalue weighted by molar-refractivity contribution is 9.10. The first kappa shape index (κ1) is 13.0. The van der Waals surface area contributed by atoms with E-state index in [0.717, 1.165) is 20.8 Å². The van der Waals surface area contributed by atoms with Gasteiger partial charge in [-0.15, -0.1) is 0 Å². The number of carbonyl (C=O) groups excluding carboxylic acids is 1. The molecule has 0 bridgehead atoms. The third-order valence-electron chi connectivity index (χ3n) is 3.22. The van der Waals surface area contributed by atoms with Crippen LogP contribution in [0.25, 0.3) is 10.8 Å². The quantitative estimate of drug-likeness (QED) is 0.530. The van der Waals surface area contributed by atoms with Crippen LogP contribution in [0.15, 0.2) is 71.5 Å². The van der Waals surface area contributed by atoms with Crippen molar-refractivity contribution in [3.05, 3.63) is 77.0 Å². The molecule has 0 aliphatic carbocycles. The van der Waals surface area contributed by atoms with Gasteiger partial charge < -0.3 is 0 Å². The second-order valence-corrected chi connectivity index (χ2v) is 5.60. The molecular weight excluding hydrogens is 314 g/mol. The molecule has 0 saturated carbocycles. The minimum absolute atomic E-state index is 0.118. The number of rotatable bonds is 3. The van der Waals surface area contributed by atoms with Gasteiger partial charge in [0.05, 0.1) is 0 Å². The van der Waals surface area contributed by atoms with E-state index in [0.29, 0.717) is 6.54 Å². The first-order chi connectivity index (χ1) is 9.72. The first-order valence-electron chi connectivity index (χ1n) is 6.39. The van der Waals surface area contributed by atoms with Gasteiger partial charge in [0, 0.05) is 21.5 Å². The van der Waals surface area contributed by atoms with Crippen molar-refractivity contribution in [3.8, 4) is 0 Å². The summed E-state index contributed by atoms with van der Waals surface area (Å²) in [5, 5.41) is 2.28. The van der Waals surface area contributed by atoms with Crippen molar-refractivity contribution in [2.75, 3.05) is 0 Å². The van der Waals surface area contributed by atoms with Crippen LogP contribution in [0.1, 0.15) is 10.4 Å². The summed E-state index contributed by atoms with van der Waals surface area (Å²) in [6.45, 7) is 0.357. The van der Waals surface area contributed by atoms with E-state index in [1.54, 1.807) is 0 Å². The molecule has 1 heterocycles. The molecule has 0 amide bonds. The zero-order chi connectivity index (χ0) is 13.9. The molecule has 3 heteroatoms. The maximum absolute atomic E-state index is 12.2. The molecule has 0 unspecified atom stereocenters. The van der Waals surface area contributed by atoms with Gasteiger partial charge in [0.1, 0.15) is 0 Å². The van der Waals surface area contributed by atoms with E-state index in [4.69, 9.17) is 0 Å². The molecule has 3 aromatic rings. The van der Waals surface area contributed by atoms with Crippen molar-refractivity contribution in [3.63, 3.8) is 0 Å². The van der Waals surface area contributed by atoms with E-state index in [-0.39, 0.29) is 5.78 Å². The van der Waals surface area contributed by atoms with Crippen LogP contribution in [0.5, 0.6) is 0 Å². The highest BCUT2D eigenvalue weighted by Gasteiger charge is 2.12. The molecule has 0 saturated heterocycles. The van der Waals surface area contributed by atoms with Crippen molar-refractivity contribution in [1.82, 2.24) is 0 Å². The molecule has 0 aliphatic rings. The second kappa shape index (κ2) is 5.55. The number of fused-ring (bicyclic) bond motifs is 1. The molecule has 1 aromatic heterocycles. The summed E-state index contributed by atoms with van der Waals surface area (Å²) in [4.78, 5) is 12.2. The van der Waals surface area contributed by atoms with Crippen LogP contribution >= 0.6 is 15.9 Å². The van der Waals surface area contributed by atoms with Gasteiger partial charge in [-0.05, 0) is 23.6 Å². The third-order valence-corrected chi connectivity index (χ3v) is 3.71. The summed E-state index contributed by atoms with van der Waals surface area (Å²) in [5.74, 6) is 0.118. The van der Waals surface area contributed by atoms with Crippen molar-refractivity contribution in [2.45, 2.75) is 6.54 Å². The highest BCUT2D eigenvalue weighted by atomic mass is 79.9. The smallest absolute Gasteiger partial charge is 0.227 e. The summed E-state index contributed by atoms with van der Waals surface area (Å²) in [6.07, 6.45) is 3.94. The summed E-state index contributed by atoms with van der Waals surface area (Å²) in [5.41, 5.74) is 0.746. The third kappa shape index (κ3) is 2.78. The van der Waals surface area contributed by atoms with Gasteiger partial charge in [0.15, 0.2) is 12.4 Å². The number of carbonyl (C=O) groups is 1. The lowest BCUT2D eigenvalue weighted by Gasteiger charge is -2.00. The van der Waals surface area contributed by atoms with Crippen LogP contribution in [-0.4, -0.2) is 5.78 Å². The average molecular weight is 327 g/mol. The number of Topliss-reactive ketones (excluding diaryl/α,β-unsaturated/α-hetero) is 1. The van der Waals surface area contributed by atoms with Crippen LogP contribution in [0.2, 0.25) is 0 Å². The minimum Gasteiger partial charge on any atom is -0.287 e. The first-order valence-corrected chi connectivity index (χ1v) is 7.18. The van der Waals surface area contributed by atoms with E-state index in [2.05, 4.69) is 22.0 Å². The van der Waals surface area contributed by atoms with Crippen LogP contribution in [0.4, 0.5) is 0 Å². The predicted molar refractivity (Wildman–Crippen MR) is 82.6 cm³/mol. The van der Waals surface area contributed by atoms with Gasteiger partial charge in [0.2, 0.25) is 12.3 Å². The number of aromatic nitrogens is 1. The Morgan fingerprint density at radius 2 is 1.80 bits per heavy atom. The second-order valence-electron chi connectivity index (χ2n) is 4.68. The standard InChI is InChI=1S/C17H13BrNO/c18-16-7-6-15-11-19(9-8-14(15)10-16)12-17(20)13-4-2-1-3-5-13/h1-11H,12H2/q+1. The number of ketones is 1. The van der Waals surface area contributed by atoms with Gasteiger partial charge in [-0.1, -0.05) is 46.3 Å². The van der Waals surface area contributed by atoms with Crippen LogP contribution in [0.3, 0.4) is 0 Å². The Hall–Kier alpha value is -2.00. The topological polar surface area (TPSA) is 20.9 Å². The molecule has 3 rings (SSSR count). The molecular formula is C17H13BrNO+. The van der Waals surface area contributed by atoms with Crippen molar-refractivity contribution < 1.29 is 9.36 Å². The van der Waals surface area contributed by atoms with Crippen LogP contribution < -0.4 is 4.57 Å². The van der Waals surface area contributed by atoms with Crippen molar-refractivity contribution in [2.24, 2.45) is 0 Å². The number of hydrogen-bond donors (Lipinski definition) is 0. The van der Waals surface area contributed by atoms with E-state index in [1.807, 2.05) is 65.5 Å². The Kier molecular flexibility index (Phi) is 3.61. The number of benzene rings is 2. The maximum Gasteiger partial charge on any atom is 0.227 e. The minimum atomic E-state index is 0.118. The molecule has 2 nitrogen and oxygen atoms in total. The highest BCUT2D eigenvalue weighted by Crippen LogP contribution is 2.17. The fourth-order valence-corrected chi connectivity index (χ4v) is 2.56. The van der Waals surface area contributed by atoms with Gasteiger partial charge in [-0.3, -0.25) is 4.79 Å². The Morgan fingerprint density at radius 1 is 1.00 bits per heavy atom. The van der Waals surface area contributed by atoms with Gasteiger partial charge in [-0.2, -0.15) is 4.57 Å². The van der Waals surface area contributed by atoms with E-state index >= 15 is 0 Å². The normalized spacial score (nSPS) is 10.7. The molecule has 98 valence electrons. The molecule has 0 radical (unpaired) electrons. The van der Waals surface area contributed by atoms with Crippen molar-refractivity contribution >= 4 is 32.5 Å². The molecule has 20 heavy (non-hydrogen) atoms. The number of halogens is 1. The average Bonchev–Trinajstić information content (AvgIpc) is 2.48. The Bertz CT molecular complexity index is 768. The van der Waals surface area contributed by atoms with E-state index in [1.165, 1.54) is 0 Å². The largest absolute Gasteiger partial charge is 0.287 e. The van der Waals surface area contributed by atoms with Gasteiger partial charge in [0.25, 0.3) is 0 Å². The lowest BCUT2D eigenvalue weighted by molar-refractivity contribution is -0.681. The number of hydrogen-bond acceptors (Lipinski definition) is 1. The Labute approximate surface area is 125 Å². The van der Waals surface area contributed by atoms with E-state index < -0.39 is 0 Å². The zero-order valence-corrected chi connectivity index (χ0v) is 12.4. The van der Waals surface area contributed by atoms with Crippen LogP contribution in [0, 0.1) is 0 Å². The summed E-state index contributed by atoms with van der Waals surface area (Å²) in [6, 6.07) is 17.5. The fraction of sp³-hybridized carbons (Fsp3) is 0.0588. The molecule has 0 N–H and O–H groups in total. The molecule has 2 aromatic carbocycles. The predicted octanol–water partition coefficient (Wildman–Crippen LogP) is 3.77. The lowest BCUT2D eigenvalue weighted by Crippen LogP contribution is -2.37. The lowest BCUT2D eigenvalue weighted by atomic mass is 10.1. The monoisotopic (exact) mass is 326 g/mol. The zero-order valence-electron chi connectivity index (χ0n) is 10.8. The SMILES string of the molecule is O=C(C[n+]1ccc2cc(Br)ccc2c1)c1ccccc1. The fourth-order valence-electron chi connectivity index (χ4n) is 2.18. The summed E-state index contributed by atoms with van der Waals surface area (Å²) < 4.78 is 2.98. The van der Waals surface area contributed by atoms with E-state index in [9.17, 15) is 4.79 Å². The summed E-state index contributed by atoms with van der Waals surface area (Å²) >= 11 is 3.46. The molecule has 0 aliphatic heterocycles. The molecule has 0 fully saturated rings. The summed E-state index contributed by atoms with van der Waals surface area (Å²) in [7, 11) is 0. The van der Waals surface area contributed by atoms with Gasteiger partial charge >= 0.3 is 0 Å². The number of nitrogens with zero attached hydrogens (tertiary/aromatic N) is 1. The Balaban J connectivity index is 1.88. The number of pyridine rings is 1. The molecule has 0 atom stereocenters. The Morgan fingerprint density at radius 3 is 2.60 bits per heavy atom. The maximum atomic E-state index is 12.2. The van der Waals surface area contributed by atoms with Crippen molar-refractivity contribution in [1.29, 1.82) is 0 Å². The van der Waals surface area contributed by atoms with Gasteiger partial charge in [-0.25, -0.2) is 0 Å². The van der Waals surface area contributed by atoms with Crippen LogP contribution in [-0.2, 0) is 6.54 Å².